The van der Waals surface area contributed by atoms with Gasteiger partial charge in [0.05, 0.1) is 0 Å². The van der Waals surface area contributed by atoms with Crippen molar-refractivity contribution in [2.75, 3.05) is 0 Å². The first-order valence-electron chi connectivity index (χ1n) is 4.21. The lowest BCUT2D eigenvalue weighted by Crippen LogP contribution is -1.86. The molecule has 0 bridgehead atoms. The molecule has 0 aromatic heterocycles. The summed E-state index contributed by atoms with van der Waals surface area (Å²) in [6, 6.07) is 5.09. The molecule has 0 saturated carbocycles. The van der Waals surface area contributed by atoms with E-state index in [1.54, 1.807) is 18.2 Å². The van der Waals surface area contributed by atoms with Gasteiger partial charge >= 0.3 is 0 Å². The third-order valence-corrected chi connectivity index (χ3v) is 2.10. The molecule has 0 aliphatic heterocycles. The second-order valence-corrected chi connectivity index (χ2v) is 3.67. The van der Waals surface area contributed by atoms with E-state index in [1.165, 1.54) is 0 Å². The van der Waals surface area contributed by atoms with Crippen molar-refractivity contribution in [3.05, 3.63) is 40.9 Å². The van der Waals surface area contributed by atoms with Crippen molar-refractivity contribution in [1.82, 2.24) is 0 Å². The first-order chi connectivity index (χ1) is 6.09. The van der Waals surface area contributed by atoms with Crippen LogP contribution in [-0.2, 0) is 6.42 Å². The molecule has 1 aromatic rings. The average Bonchev–Trinajstić information content (AvgIpc) is 2.06. The van der Waals surface area contributed by atoms with Gasteiger partial charge in [-0.15, -0.1) is 6.58 Å². The number of phenolic OH excluding ortho intramolecular Hbond substituents is 1. The lowest BCUT2D eigenvalue weighted by Gasteiger charge is -2.04. The number of allylic oxidation sites excluding steroid dienone is 1. The maximum Gasteiger partial charge on any atom is 0.118 e. The molecular weight excluding hydrogens is 184 g/mol. The third-order valence-electron chi connectivity index (χ3n) is 1.86. The summed E-state index contributed by atoms with van der Waals surface area (Å²) in [5.41, 5.74) is 2.00. The van der Waals surface area contributed by atoms with Crippen molar-refractivity contribution in [2.45, 2.75) is 19.8 Å². The van der Waals surface area contributed by atoms with E-state index >= 15 is 0 Å². The van der Waals surface area contributed by atoms with Gasteiger partial charge in [-0.25, -0.2) is 0 Å². The van der Waals surface area contributed by atoms with E-state index in [1.807, 2.05) is 6.92 Å². The van der Waals surface area contributed by atoms with Crippen molar-refractivity contribution < 1.29 is 5.11 Å². The van der Waals surface area contributed by atoms with E-state index in [9.17, 15) is 5.11 Å². The first kappa shape index (κ1) is 10.1. The van der Waals surface area contributed by atoms with Crippen LogP contribution in [0.2, 0.25) is 5.02 Å². The molecule has 2 heteroatoms. The van der Waals surface area contributed by atoms with Crippen LogP contribution in [0, 0.1) is 0 Å². The van der Waals surface area contributed by atoms with E-state index in [4.69, 9.17) is 11.6 Å². The van der Waals surface area contributed by atoms with Gasteiger partial charge in [-0.1, -0.05) is 17.2 Å². The summed E-state index contributed by atoms with van der Waals surface area (Å²) < 4.78 is 0. The summed E-state index contributed by atoms with van der Waals surface area (Å²) in [5, 5.41) is 10.1. The Morgan fingerprint density at radius 1 is 1.54 bits per heavy atom. The Bertz CT molecular complexity index is 318. The summed E-state index contributed by atoms with van der Waals surface area (Å²) >= 11 is 5.80. The molecule has 1 aromatic carbocycles. The fourth-order valence-corrected chi connectivity index (χ4v) is 1.30. The van der Waals surface area contributed by atoms with Crippen molar-refractivity contribution in [3.8, 4) is 5.75 Å². The van der Waals surface area contributed by atoms with Gasteiger partial charge < -0.3 is 5.11 Å². The highest BCUT2D eigenvalue weighted by Crippen LogP contribution is 2.23. The fourth-order valence-electron chi connectivity index (χ4n) is 1.10. The van der Waals surface area contributed by atoms with E-state index in [0.717, 1.165) is 24.0 Å². The van der Waals surface area contributed by atoms with Crippen molar-refractivity contribution in [3.63, 3.8) is 0 Å². The van der Waals surface area contributed by atoms with Gasteiger partial charge in [0.1, 0.15) is 5.75 Å². The molecule has 1 nitrogen and oxygen atoms in total. The topological polar surface area (TPSA) is 20.2 Å². The largest absolute Gasteiger partial charge is 0.508 e. The Balaban J connectivity index is 2.75. The predicted octanol–water partition coefficient (Wildman–Crippen LogP) is 3.55. The summed E-state index contributed by atoms with van der Waals surface area (Å²) in [5.74, 6) is 0.311. The van der Waals surface area contributed by atoms with E-state index in [0.29, 0.717) is 10.8 Å². The Labute approximate surface area is 83.7 Å². The number of hydrogen-bond donors (Lipinski definition) is 1. The minimum absolute atomic E-state index is 0.311. The molecule has 0 spiro atoms. The van der Waals surface area contributed by atoms with E-state index in [-0.39, 0.29) is 0 Å². The number of rotatable bonds is 3. The summed E-state index contributed by atoms with van der Waals surface area (Å²) in [6.45, 7) is 5.78. The molecule has 0 unspecified atom stereocenters. The summed E-state index contributed by atoms with van der Waals surface area (Å²) in [4.78, 5) is 0. The molecule has 1 N–H and O–H groups in total. The van der Waals surface area contributed by atoms with Gasteiger partial charge in [0.2, 0.25) is 0 Å². The smallest absolute Gasteiger partial charge is 0.118 e. The van der Waals surface area contributed by atoms with Crippen LogP contribution in [0.4, 0.5) is 0 Å². The molecule has 0 amide bonds. The zero-order valence-corrected chi connectivity index (χ0v) is 8.43. The molecule has 0 fully saturated rings. The quantitative estimate of drug-likeness (QED) is 0.733. The molecule has 70 valence electrons. The van der Waals surface area contributed by atoms with Crippen molar-refractivity contribution in [2.24, 2.45) is 0 Å². The molecular formula is C11H13ClO. The number of aromatic hydroxyl groups is 1. The second kappa shape index (κ2) is 4.33. The lowest BCUT2D eigenvalue weighted by molar-refractivity contribution is 0.468. The number of halogens is 1. The average molecular weight is 197 g/mol. The van der Waals surface area contributed by atoms with Crippen LogP contribution >= 0.6 is 11.6 Å². The summed E-state index contributed by atoms with van der Waals surface area (Å²) in [7, 11) is 0. The molecule has 1 rings (SSSR count). The monoisotopic (exact) mass is 196 g/mol. The summed E-state index contributed by atoms with van der Waals surface area (Å²) in [6.07, 6.45) is 1.68. The van der Waals surface area contributed by atoms with Gasteiger partial charge in [0.15, 0.2) is 0 Å². The zero-order chi connectivity index (χ0) is 9.84. The minimum atomic E-state index is 0.311. The van der Waals surface area contributed by atoms with Crippen LogP contribution in [0.1, 0.15) is 18.9 Å². The molecule has 0 atom stereocenters. The van der Waals surface area contributed by atoms with Crippen molar-refractivity contribution >= 4 is 11.6 Å². The van der Waals surface area contributed by atoms with Crippen LogP contribution in [-0.4, -0.2) is 5.11 Å². The van der Waals surface area contributed by atoms with Crippen LogP contribution in [0.15, 0.2) is 30.4 Å². The van der Waals surface area contributed by atoms with Gasteiger partial charge in [-0.3, -0.25) is 0 Å². The van der Waals surface area contributed by atoms with Crippen LogP contribution in [0.3, 0.4) is 0 Å². The third kappa shape index (κ3) is 3.11. The zero-order valence-electron chi connectivity index (χ0n) is 7.68. The number of phenols is 1. The number of aryl methyl sites for hydroxylation is 1. The first-order valence-corrected chi connectivity index (χ1v) is 4.59. The normalized spacial score (nSPS) is 10.0. The standard InChI is InChI=1S/C11H13ClO/c1-8(2)3-4-9-7-10(12)5-6-11(9)13/h5-7,13H,1,3-4H2,2H3. The van der Waals surface area contributed by atoms with E-state index < -0.39 is 0 Å². The van der Waals surface area contributed by atoms with Gasteiger partial charge in [0.25, 0.3) is 0 Å². The van der Waals surface area contributed by atoms with E-state index in [2.05, 4.69) is 6.58 Å². The Morgan fingerprint density at radius 2 is 2.23 bits per heavy atom. The maximum atomic E-state index is 9.46. The molecule has 0 aliphatic carbocycles. The highest BCUT2D eigenvalue weighted by Gasteiger charge is 2.01. The highest BCUT2D eigenvalue weighted by atomic mass is 35.5. The molecule has 0 radical (unpaired) electrons. The van der Waals surface area contributed by atoms with Gasteiger partial charge in [0, 0.05) is 5.02 Å². The minimum Gasteiger partial charge on any atom is -0.508 e. The molecule has 0 aliphatic rings. The van der Waals surface area contributed by atoms with Gasteiger partial charge in [-0.2, -0.15) is 0 Å². The maximum absolute atomic E-state index is 9.46. The molecule has 13 heavy (non-hydrogen) atoms. The highest BCUT2D eigenvalue weighted by molar-refractivity contribution is 6.30. The predicted molar refractivity (Wildman–Crippen MR) is 56.3 cm³/mol. The van der Waals surface area contributed by atoms with Crippen LogP contribution < -0.4 is 0 Å². The Morgan fingerprint density at radius 3 is 2.85 bits per heavy atom. The SMILES string of the molecule is C=C(C)CCc1cc(Cl)ccc1O. The molecule has 0 saturated heterocycles. The van der Waals surface area contributed by atoms with Crippen LogP contribution in [0.25, 0.3) is 0 Å². The number of benzene rings is 1. The second-order valence-electron chi connectivity index (χ2n) is 3.23. The van der Waals surface area contributed by atoms with Gasteiger partial charge in [-0.05, 0) is 43.5 Å². The van der Waals surface area contributed by atoms with Crippen LogP contribution in [0.5, 0.6) is 5.75 Å². The Hall–Kier alpha value is -0.950. The van der Waals surface area contributed by atoms with Crippen molar-refractivity contribution in [1.29, 1.82) is 0 Å². The number of hydrogen-bond acceptors (Lipinski definition) is 1. The lowest BCUT2D eigenvalue weighted by atomic mass is 10.1. The molecule has 0 heterocycles. The Kier molecular flexibility index (Phi) is 3.38. The fraction of sp³-hybridized carbons (Fsp3) is 0.273.